The largest absolute Gasteiger partial charge is 0.408 e. The monoisotopic (exact) mass is 331 g/mol. The molecule has 0 aliphatic heterocycles. The molecule has 1 aromatic rings. The zero-order valence-electron chi connectivity index (χ0n) is 13.8. The molecule has 0 unspecified atom stereocenters. The normalized spacial score (nSPS) is 22.9. The van der Waals surface area contributed by atoms with Gasteiger partial charge in [-0.1, -0.05) is 20.8 Å². The van der Waals surface area contributed by atoms with Gasteiger partial charge < -0.3 is 5.32 Å². The van der Waals surface area contributed by atoms with Gasteiger partial charge in [0.15, 0.2) is 0 Å². The highest BCUT2D eigenvalue weighted by Gasteiger charge is 2.32. The lowest BCUT2D eigenvalue weighted by Gasteiger charge is -2.36. The number of nitrogens with zero attached hydrogens (tertiary/aromatic N) is 2. The van der Waals surface area contributed by atoms with Crippen molar-refractivity contribution >= 4 is 11.6 Å². The first kappa shape index (κ1) is 17.8. The highest BCUT2D eigenvalue weighted by molar-refractivity contribution is 5.92. The zero-order valence-corrected chi connectivity index (χ0v) is 13.8. The van der Waals surface area contributed by atoms with E-state index in [-0.39, 0.29) is 17.2 Å². The quantitative estimate of drug-likeness (QED) is 0.900. The maximum atomic E-state index is 12.3. The van der Waals surface area contributed by atoms with Gasteiger partial charge in [-0.15, -0.1) is 0 Å². The fourth-order valence-electron chi connectivity index (χ4n) is 3.16. The lowest BCUT2D eigenvalue weighted by Crippen LogP contribution is -2.31. The molecular weight excluding hydrogens is 307 g/mol. The number of halogens is 3. The van der Waals surface area contributed by atoms with Crippen molar-refractivity contribution in [3.63, 3.8) is 0 Å². The van der Waals surface area contributed by atoms with Gasteiger partial charge in [0.25, 0.3) is 0 Å². The van der Waals surface area contributed by atoms with Crippen molar-refractivity contribution in [3.05, 3.63) is 12.4 Å². The van der Waals surface area contributed by atoms with Crippen molar-refractivity contribution in [2.45, 2.75) is 59.2 Å². The third kappa shape index (κ3) is 5.25. The summed E-state index contributed by atoms with van der Waals surface area (Å²) >= 11 is 0. The average molecular weight is 331 g/mol. The number of nitrogens with one attached hydrogen (secondary N) is 1. The summed E-state index contributed by atoms with van der Waals surface area (Å²) in [5.41, 5.74) is 0.567. The summed E-state index contributed by atoms with van der Waals surface area (Å²) < 4.78 is 37.6. The maximum absolute atomic E-state index is 12.3. The second-order valence-corrected chi connectivity index (χ2v) is 7.45. The van der Waals surface area contributed by atoms with Gasteiger partial charge in [-0.25, -0.2) is 0 Å². The van der Waals surface area contributed by atoms with E-state index in [1.54, 1.807) is 0 Å². The van der Waals surface area contributed by atoms with Crippen molar-refractivity contribution < 1.29 is 18.0 Å². The van der Waals surface area contributed by atoms with Crippen molar-refractivity contribution in [2.75, 3.05) is 5.32 Å². The van der Waals surface area contributed by atoms with Gasteiger partial charge in [-0.2, -0.15) is 18.3 Å². The minimum absolute atomic E-state index is 0.0698. The Morgan fingerprint density at radius 1 is 1.26 bits per heavy atom. The molecule has 1 saturated carbocycles. The topological polar surface area (TPSA) is 46.9 Å². The number of aromatic nitrogens is 2. The van der Waals surface area contributed by atoms with Crippen LogP contribution in [0.5, 0.6) is 0 Å². The first-order chi connectivity index (χ1) is 10.5. The Balaban J connectivity index is 1.86. The molecule has 0 atom stereocenters. The molecule has 1 aliphatic carbocycles. The van der Waals surface area contributed by atoms with E-state index in [0.717, 1.165) is 30.4 Å². The molecule has 0 radical (unpaired) electrons. The number of carbonyl (C=O) groups is 1. The highest BCUT2D eigenvalue weighted by atomic mass is 19.4. The summed E-state index contributed by atoms with van der Waals surface area (Å²) in [4.78, 5) is 12.2. The molecule has 2 rings (SSSR count). The second-order valence-electron chi connectivity index (χ2n) is 7.45. The van der Waals surface area contributed by atoms with E-state index in [1.807, 2.05) is 0 Å². The SMILES string of the molecule is CC(C)(C)C1CCC(C(=O)Nc2cnn(CC(F)(F)F)c2)CC1. The Morgan fingerprint density at radius 2 is 1.87 bits per heavy atom. The van der Waals surface area contributed by atoms with Crippen molar-refractivity contribution in [2.24, 2.45) is 17.3 Å². The predicted octanol–water partition coefficient (Wildman–Crippen LogP) is 4.24. The van der Waals surface area contributed by atoms with Crippen LogP contribution in [0.2, 0.25) is 0 Å². The van der Waals surface area contributed by atoms with Gasteiger partial charge in [-0.3, -0.25) is 9.48 Å². The first-order valence-corrected chi connectivity index (χ1v) is 7.94. The van der Waals surface area contributed by atoms with Gasteiger partial charge in [-0.05, 0) is 37.0 Å². The molecule has 0 spiro atoms. The minimum Gasteiger partial charge on any atom is -0.323 e. The summed E-state index contributed by atoms with van der Waals surface area (Å²) in [5, 5.41) is 6.31. The lowest BCUT2D eigenvalue weighted by atomic mass is 9.69. The van der Waals surface area contributed by atoms with Crippen LogP contribution in [0.3, 0.4) is 0 Å². The molecule has 1 aromatic heterocycles. The molecule has 4 nitrogen and oxygen atoms in total. The minimum atomic E-state index is -4.32. The summed E-state index contributed by atoms with van der Waals surface area (Å²) in [7, 11) is 0. The number of hydrogen-bond donors (Lipinski definition) is 1. The van der Waals surface area contributed by atoms with Crippen LogP contribution in [0.4, 0.5) is 18.9 Å². The number of hydrogen-bond acceptors (Lipinski definition) is 2. The first-order valence-electron chi connectivity index (χ1n) is 7.94. The molecule has 7 heteroatoms. The van der Waals surface area contributed by atoms with Crippen LogP contribution < -0.4 is 5.32 Å². The molecule has 0 bridgehead atoms. The maximum Gasteiger partial charge on any atom is 0.408 e. The zero-order chi connectivity index (χ0) is 17.3. The smallest absolute Gasteiger partial charge is 0.323 e. The third-order valence-corrected chi connectivity index (χ3v) is 4.56. The number of anilines is 1. The molecule has 1 heterocycles. The van der Waals surface area contributed by atoms with Crippen LogP contribution in [0.1, 0.15) is 46.5 Å². The Morgan fingerprint density at radius 3 is 2.39 bits per heavy atom. The predicted molar refractivity (Wildman–Crippen MR) is 81.8 cm³/mol. The molecule has 1 N–H and O–H groups in total. The molecule has 1 amide bonds. The van der Waals surface area contributed by atoms with Gasteiger partial charge in [0.05, 0.1) is 11.9 Å². The molecule has 0 saturated heterocycles. The van der Waals surface area contributed by atoms with E-state index in [1.165, 1.54) is 12.4 Å². The standard InChI is InChI=1S/C16H24F3N3O/c1-15(2,3)12-6-4-11(5-7-12)14(23)21-13-8-20-22(9-13)10-16(17,18)19/h8-9,11-12H,4-7,10H2,1-3H3,(H,21,23). The summed E-state index contributed by atoms with van der Waals surface area (Å²) in [6.45, 7) is 5.49. The van der Waals surface area contributed by atoms with E-state index in [2.05, 4.69) is 31.2 Å². The number of alkyl halides is 3. The van der Waals surface area contributed by atoms with Crippen LogP contribution in [0, 0.1) is 17.3 Å². The highest BCUT2D eigenvalue weighted by Crippen LogP contribution is 2.40. The van der Waals surface area contributed by atoms with Crippen LogP contribution in [0.15, 0.2) is 12.4 Å². The van der Waals surface area contributed by atoms with Crippen LogP contribution >= 0.6 is 0 Å². The number of rotatable bonds is 3. The molecule has 0 aromatic carbocycles. The third-order valence-electron chi connectivity index (χ3n) is 4.56. The Bertz CT molecular complexity index is 538. The molecule has 130 valence electrons. The van der Waals surface area contributed by atoms with Crippen LogP contribution in [-0.2, 0) is 11.3 Å². The fourth-order valence-corrected chi connectivity index (χ4v) is 3.16. The fraction of sp³-hybridized carbons (Fsp3) is 0.750. The lowest BCUT2D eigenvalue weighted by molar-refractivity contribution is -0.142. The summed E-state index contributed by atoms with van der Waals surface area (Å²) in [5.74, 6) is 0.421. The van der Waals surface area contributed by atoms with E-state index in [4.69, 9.17) is 0 Å². The number of carbonyl (C=O) groups excluding carboxylic acids is 1. The molecule has 23 heavy (non-hydrogen) atoms. The van der Waals surface area contributed by atoms with Crippen LogP contribution in [-0.4, -0.2) is 21.9 Å². The Hall–Kier alpha value is -1.53. The van der Waals surface area contributed by atoms with E-state index in [0.29, 0.717) is 11.6 Å². The van der Waals surface area contributed by atoms with Gasteiger partial charge >= 0.3 is 6.18 Å². The Kier molecular flexibility index (Phi) is 5.06. The molecular formula is C16H24F3N3O. The van der Waals surface area contributed by atoms with Crippen molar-refractivity contribution in [3.8, 4) is 0 Å². The Labute approximate surface area is 134 Å². The summed E-state index contributed by atoms with van der Waals surface area (Å²) in [6.07, 6.45) is 1.81. The van der Waals surface area contributed by atoms with Gasteiger partial charge in [0, 0.05) is 12.1 Å². The molecule has 1 fully saturated rings. The second kappa shape index (κ2) is 6.53. The average Bonchev–Trinajstić information content (AvgIpc) is 2.82. The van der Waals surface area contributed by atoms with Gasteiger partial charge in [0.2, 0.25) is 5.91 Å². The van der Waals surface area contributed by atoms with Crippen molar-refractivity contribution in [1.29, 1.82) is 0 Å². The van der Waals surface area contributed by atoms with Crippen LogP contribution in [0.25, 0.3) is 0 Å². The van der Waals surface area contributed by atoms with E-state index < -0.39 is 12.7 Å². The molecule has 1 aliphatic rings. The van der Waals surface area contributed by atoms with Gasteiger partial charge in [0.1, 0.15) is 6.54 Å². The van der Waals surface area contributed by atoms with E-state index in [9.17, 15) is 18.0 Å². The van der Waals surface area contributed by atoms with E-state index >= 15 is 0 Å². The summed E-state index contributed by atoms with van der Waals surface area (Å²) in [6, 6.07) is 0. The van der Waals surface area contributed by atoms with Crippen molar-refractivity contribution in [1.82, 2.24) is 9.78 Å². The number of amides is 1.